The van der Waals surface area contributed by atoms with Gasteiger partial charge in [0.25, 0.3) is 0 Å². The van der Waals surface area contributed by atoms with Crippen LogP contribution in [-0.4, -0.2) is 18.0 Å². The molecule has 0 fully saturated rings. The number of carbonyl (C=O) groups excluding carboxylic acids is 1. The lowest BCUT2D eigenvalue weighted by Crippen LogP contribution is -2.10. The number of methoxy groups -OCH3 is 1. The van der Waals surface area contributed by atoms with Crippen molar-refractivity contribution in [1.29, 1.82) is 0 Å². The van der Waals surface area contributed by atoms with E-state index in [0.29, 0.717) is 0 Å². The van der Waals surface area contributed by atoms with Crippen molar-refractivity contribution in [2.24, 2.45) is 0 Å². The van der Waals surface area contributed by atoms with E-state index in [2.05, 4.69) is 22.8 Å². The molecule has 3 heteroatoms. The van der Waals surface area contributed by atoms with E-state index >= 15 is 0 Å². The van der Waals surface area contributed by atoms with E-state index in [4.69, 9.17) is 4.74 Å². The summed E-state index contributed by atoms with van der Waals surface area (Å²) in [7, 11) is 1.65. The van der Waals surface area contributed by atoms with Crippen molar-refractivity contribution in [3.63, 3.8) is 0 Å². The van der Waals surface area contributed by atoms with Crippen molar-refractivity contribution in [3.8, 4) is 17.0 Å². The van der Waals surface area contributed by atoms with Crippen LogP contribution in [0.25, 0.3) is 22.2 Å². The third-order valence-electron chi connectivity index (χ3n) is 4.30. The van der Waals surface area contributed by atoms with Crippen LogP contribution in [-0.2, 0) is 13.0 Å². The third kappa shape index (κ3) is 1.64. The molecule has 3 aromatic rings. The summed E-state index contributed by atoms with van der Waals surface area (Å²) in [6.45, 7) is 0.906. The number of hydrogen-bond acceptors (Lipinski definition) is 2. The van der Waals surface area contributed by atoms with Crippen molar-refractivity contribution in [1.82, 2.24) is 4.57 Å². The van der Waals surface area contributed by atoms with Gasteiger partial charge in [-0.25, -0.2) is 0 Å². The molecule has 0 bridgehead atoms. The van der Waals surface area contributed by atoms with E-state index in [1.807, 2.05) is 24.3 Å². The van der Waals surface area contributed by atoms with E-state index in [1.54, 1.807) is 7.11 Å². The average Bonchev–Trinajstić information content (AvgIpc) is 2.87. The van der Waals surface area contributed by atoms with E-state index < -0.39 is 0 Å². The molecule has 0 atom stereocenters. The Morgan fingerprint density at radius 3 is 2.86 bits per heavy atom. The summed E-state index contributed by atoms with van der Waals surface area (Å²) < 4.78 is 7.55. The van der Waals surface area contributed by atoms with Crippen LogP contribution < -0.4 is 4.74 Å². The Morgan fingerprint density at radius 1 is 1.19 bits per heavy atom. The first-order valence-electron chi connectivity index (χ1n) is 7.07. The Morgan fingerprint density at radius 2 is 2.05 bits per heavy atom. The van der Waals surface area contributed by atoms with Crippen LogP contribution in [0.15, 0.2) is 42.5 Å². The van der Waals surface area contributed by atoms with Gasteiger partial charge >= 0.3 is 0 Å². The fraction of sp³-hybridized carbons (Fsp3) is 0.167. The summed E-state index contributed by atoms with van der Waals surface area (Å²) >= 11 is 0. The minimum atomic E-state index is 0.760. The van der Waals surface area contributed by atoms with Gasteiger partial charge in [-0.2, -0.15) is 0 Å². The molecule has 2 heterocycles. The molecule has 0 unspecified atom stereocenters. The molecule has 0 saturated heterocycles. The zero-order valence-electron chi connectivity index (χ0n) is 11.8. The number of aldehydes is 1. The molecule has 2 aromatic carbocycles. The van der Waals surface area contributed by atoms with Crippen molar-refractivity contribution >= 4 is 17.2 Å². The van der Waals surface area contributed by atoms with Crippen molar-refractivity contribution in [2.45, 2.75) is 13.0 Å². The van der Waals surface area contributed by atoms with Gasteiger partial charge in [0.05, 0.1) is 12.8 Å². The number of fused-ring (bicyclic) bond motifs is 5. The van der Waals surface area contributed by atoms with E-state index in [1.165, 1.54) is 11.1 Å². The Balaban J connectivity index is 2.12. The topological polar surface area (TPSA) is 31.2 Å². The minimum Gasteiger partial charge on any atom is -0.497 e. The van der Waals surface area contributed by atoms with Gasteiger partial charge in [-0.15, -0.1) is 0 Å². The summed E-state index contributed by atoms with van der Waals surface area (Å²) in [5.74, 6) is 0.779. The molecular formula is C18H15NO2. The highest BCUT2D eigenvalue weighted by molar-refractivity contribution is 6.06. The molecular weight excluding hydrogens is 262 g/mol. The van der Waals surface area contributed by atoms with Crippen LogP contribution in [0.3, 0.4) is 0 Å². The monoisotopic (exact) mass is 277 g/mol. The quantitative estimate of drug-likeness (QED) is 0.669. The molecule has 1 aromatic heterocycles. The number of aromatic nitrogens is 1. The number of hydrogen-bond donors (Lipinski definition) is 0. The Bertz CT molecular complexity index is 861. The lowest BCUT2D eigenvalue weighted by Gasteiger charge is -2.20. The largest absolute Gasteiger partial charge is 0.497 e. The zero-order chi connectivity index (χ0) is 14.4. The summed E-state index contributed by atoms with van der Waals surface area (Å²) in [5.41, 5.74) is 5.37. The van der Waals surface area contributed by atoms with E-state index in [-0.39, 0.29) is 0 Å². The fourth-order valence-corrected chi connectivity index (χ4v) is 3.33. The van der Waals surface area contributed by atoms with Crippen LogP contribution >= 0.6 is 0 Å². The molecule has 0 radical (unpaired) electrons. The smallest absolute Gasteiger partial charge is 0.152 e. The van der Waals surface area contributed by atoms with Crippen molar-refractivity contribution in [3.05, 3.63) is 53.6 Å². The van der Waals surface area contributed by atoms with Crippen LogP contribution in [0.1, 0.15) is 15.9 Å². The molecule has 0 aliphatic carbocycles. The van der Waals surface area contributed by atoms with Crippen LogP contribution in [0.2, 0.25) is 0 Å². The number of carbonyl (C=O) groups is 1. The summed E-state index contributed by atoms with van der Waals surface area (Å²) in [4.78, 5) is 11.7. The molecule has 1 aliphatic heterocycles. The summed E-state index contributed by atoms with van der Waals surface area (Å²) in [6.07, 6.45) is 1.97. The maximum Gasteiger partial charge on any atom is 0.152 e. The number of aryl methyl sites for hydroxylation is 2. The lowest BCUT2D eigenvalue weighted by atomic mass is 9.96. The van der Waals surface area contributed by atoms with Crippen LogP contribution in [0.4, 0.5) is 0 Å². The highest BCUT2D eigenvalue weighted by atomic mass is 16.5. The average molecular weight is 277 g/mol. The predicted molar refractivity (Wildman–Crippen MR) is 83.0 cm³/mol. The molecule has 3 nitrogen and oxygen atoms in total. The Hall–Kier alpha value is -2.55. The van der Waals surface area contributed by atoms with Gasteiger partial charge in [0.2, 0.25) is 0 Å². The van der Waals surface area contributed by atoms with Gasteiger partial charge in [-0.1, -0.05) is 24.3 Å². The first-order valence-corrected chi connectivity index (χ1v) is 7.07. The SMILES string of the molecule is COc1ccc2c(c1)c(C=O)c1n2CCc2ccccc2-1. The van der Waals surface area contributed by atoms with Crippen LogP contribution in [0.5, 0.6) is 5.75 Å². The standard InChI is InChI=1S/C18H15NO2/c1-21-13-6-7-17-15(10-13)16(11-20)18-14-5-3-2-4-12(14)8-9-19(17)18/h2-7,10-11H,8-9H2,1H3. The Labute approximate surface area is 122 Å². The van der Waals surface area contributed by atoms with Crippen molar-refractivity contribution in [2.75, 3.05) is 7.11 Å². The summed E-state index contributed by atoms with van der Waals surface area (Å²) in [5, 5.41) is 0.969. The van der Waals surface area contributed by atoms with Crippen LogP contribution in [0, 0.1) is 0 Å². The molecule has 1 aliphatic rings. The predicted octanol–water partition coefficient (Wildman–Crippen LogP) is 3.69. The normalized spacial score (nSPS) is 12.8. The first kappa shape index (κ1) is 12.2. The van der Waals surface area contributed by atoms with E-state index in [0.717, 1.165) is 47.2 Å². The number of rotatable bonds is 2. The van der Waals surface area contributed by atoms with Gasteiger partial charge in [0.15, 0.2) is 6.29 Å². The Kier molecular flexibility index (Phi) is 2.61. The third-order valence-corrected chi connectivity index (χ3v) is 4.30. The molecule has 0 amide bonds. The fourth-order valence-electron chi connectivity index (χ4n) is 3.33. The molecule has 104 valence electrons. The van der Waals surface area contributed by atoms with Gasteiger partial charge in [0, 0.05) is 28.6 Å². The van der Waals surface area contributed by atoms with E-state index in [9.17, 15) is 4.79 Å². The van der Waals surface area contributed by atoms with Crippen molar-refractivity contribution < 1.29 is 9.53 Å². The number of nitrogens with zero attached hydrogens (tertiary/aromatic N) is 1. The maximum absolute atomic E-state index is 11.7. The van der Waals surface area contributed by atoms with Gasteiger partial charge in [-0.3, -0.25) is 4.79 Å². The van der Waals surface area contributed by atoms with Gasteiger partial charge < -0.3 is 9.30 Å². The minimum absolute atomic E-state index is 0.760. The number of benzene rings is 2. The van der Waals surface area contributed by atoms with Gasteiger partial charge in [-0.05, 0) is 30.2 Å². The molecule has 0 saturated carbocycles. The molecule has 0 N–H and O–H groups in total. The molecule has 4 rings (SSSR count). The molecule has 0 spiro atoms. The second-order valence-corrected chi connectivity index (χ2v) is 5.32. The summed E-state index contributed by atoms with van der Waals surface area (Å²) in [6, 6.07) is 14.3. The second-order valence-electron chi connectivity index (χ2n) is 5.32. The first-order chi connectivity index (χ1) is 10.3. The second kappa shape index (κ2) is 4.48. The molecule has 21 heavy (non-hydrogen) atoms. The van der Waals surface area contributed by atoms with Gasteiger partial charge in [0.1, 0.15) is 5.75 Å². The highest BCUT2D eigenvalue weighted by Crippen LogP contribution is 2.39. The number of ether oxygens (including phenoxy) is 1. The maximum atomic E-state index is 11.7. The highest BCUT2D eigenvalue weighted by Gasteiger charge is 2.23. The lowest BCUT2D eigenvalue weighted by molar-refractivity contribution is 0.112. The zero-order valence-corrected chi connectivity index (χ0v) is 11.8.